The number of hydrogen-bond acceptors (Lipinski definition) is 9. The number of carbonyl (C=O) groups is 4. The summed E-state index contributed by atoms with van der Waals surface area (Å²) in [6.45, 7) is 2.25. The number of carboxylic acid groups (broad SMARTS) is 1. The monoisotopic (exact) mass is 653 g/mol. The molecule has 0 aromatic heterocycles. The van der Waals surface area contributed by atoms with Crippen LogP contribution >= 0.6 is 11.8 Å². The largest absolute Gasteiger partial charge is 0.478 e. The molecule has 0 saturated carbocycles. The average molecular weight is 654 g/mol. The van der Waals surface area contributed by atoms with Crippen molar-refractivity contribution in [3.63, 3.8) is 0 Å². The van der Waals surface area contributed by atoms with Gasteiger partial charge in [0.1, 0.15) is 0 Å². The predicted molar refractivity (Wildman–Crippen MR) is 171 cm³/mol. The van der Waals surface area contributed by atoms with Gasteiger partial charge in [-0.2, -0.15) is 0 Å². The third-order valence-corrected chi connectivity index (χ3v) is 9.35. The molecule has 4 atom stereocenters. The molecule has 10 nitrogen and oxygen atoms in total. The molecular weight excluding hydrogens is 622 g/mol. The molecule has 0 radical (unpaired) electrons. The number of carboxylic acids is 1. The Kier molecular flexibility index (Phi) is 9.50. The fourth-order valence-corrected chi connectivity index (χ4v) is 6.55. The van der Waals surface area contributed by atoms with Crippen LogP contribution in [-0.2, 0) is 27.4 Å². The van der Waals surface area contributed by atoms with E-state index in [-0.39, 0.29) is 53.5 Å². The van der Waals surface area contributed by atoms with E-state index in [2.05, 4.69) is 17.0 Å². The highest BCUT2D eigenvalue weighted by atomic mass is 32.2. The van der Waals surface area contributed by atoms with Crippen molar-refractivity contribution in [1.29, 1.82) is 0 Å². The maximum atomic E-state index is 12.8. The highest BCUT2D eigenvalue weighted by molar-refractivity contribution is 7.99. The third kappa shape index (κ3) is 7.13. The molecule has 3 N–H and O–H groups in total. The summed E-state index contributed by atoms with van der Waals surface area (Å²) in [5, 5.41) is 21.6. The van der Waals surface area contributed by atoms with Crippen molar-refractivity contribution >= 4 is 35.6 Å². The third-order valence-electron chi connectivity index (χ3n) is 8.25. The lowest BCUT2D eigenvalue weighted by Crippen LogP contribution is -2.38. The molecule has 11 heteroatoms. The van der Waals surface area contributed by atoms with Crippen LogP contribution in [0.4, 0.5) is 0 Å². The number of amides is 1. The summed E-state index contributed by atoms with van der Waals surface area (Å²) in [6.07, 6.45) is -1.18. The number of rotatable bonds is 10. The number of hydrogen-bond donors (Lipinski definition) is 3. The molecule has 1 fully saturated rings. The molecule has 2 aliphatic heterocycles. The van der Waals surface area contributed by atoms with Crippen LogP contribution in [-0.4, -0.2) is 45.9 Å². The van der Waals surface area contributed by atoms with Gasteiger partial charge in [-0.25, -0.2) is 14.4 Å². The molecule has 4 aromatic rings. The van der Waals surface area contributed by atoms with Crippen molar-refractivity contribution in [2.75, 3.05) is 5.75 Å². The van der Waals surface area contributed by atoms with Gasteiger partial charge in [0.05, 0.1) is 35.5 Å². The van der Waals surface area contributed by atoms with E-state index >= 15 is 0 Å². The first-order chi connectivity index (χ1) is 22.7. The first-order valence-corrected chi connectivity index (χ1v) is 15.9. The Balaban J connectivity index is 1.14. The van der Waals surface area contributed by atoms with Crippen LogP contribution in [0.5, 0.6) is 0 Å². The normalized spacial score (nSPS) is 20.4. The summed E-state index contributed by atoms with van der Waals surface area (Å²) in [7, 11) is 0. The number of cyclic esters (lactones) is 2. The molecule has 4 unspecified atom stereocenters. The maximum absolute atomic E-state index is 12.8. The van der Waals surface area contributed by atoms with Crippen LogP contribution in [0, 0.1) is 5.92 Å². The number of fused-ring (bicyclic) bond motifs is 1. The number of aliphatic hydroxyl groups is 1. The van der Waals surface area contributed by atoms with E-state index in [0.29, 0.717) is 5.75 Å². The van der Waals surface area contributed by atoms with E-state index in [1.54, 1.807) is 36.0 Å². The minimum atomic E-state index is -0.972. The molecule has 47 heavy (non-hydrogen) atoms. The number of aliphatic hydroxyl groups excluding tert-OH is 1. The second-order valence-electron chi connectivity index (χ2n) is 11.3. The molecule has 2 heterocycles. The number of carbonyl (C=O) groups excluding carboxylic acids is 3. The lowest BCUT2D eigenvalue weighted by atomic mass is 9.91. The topological polar surface area (TPSA) is 148 Å². The van der Waals surface area contributed by atoms with Gasteiger partial charge in [-0.15, -0.1) is 11.8 Å². The van der Waals surface area contributed by atoms with Gasteiger partial charge in [-0.05, 0) is 59.2 Å². The van der Waals surface area contributed by atoms with E-state index in [4.69, 9.17) is 9.47 Å². The number of aromatic carboxylic acids is 1. The fraction of sp³-hybridized carbons (Fsp3) is 0.222. The van der Waals surface area contributed by atoms with Gasteiger partial charge in [-0.1, -0.05) is 55.5 Å². The van der Waals surface area contributed by atoms with Gasteiger partial charge in [0, 0.05) is 34.2 Å². The maximum Gasteiger partial charge on any atom is 0.346 e. The zero-order chi connectivity index (χ0) is 33.1. The van der Waals surface area contributed by atoms with E-state index in [9.17, 15) is 29.4 Å². The van der Waals surface area contributed by atoms with Gasteiger partial charge in [0.15, 0.2) is 6.29 Å². The van der Waals surface area contributed by atoms with Gasteiger partial charge >= 0.3 is 17.9 Å². The van der Waals surface area contributed by atoms with E-state index < -0.39 is 30.1 Å². The van der Waals surface area contributed by atoms with E-state index in [1.807, 2.05) is 48.5 Å². The SMILES string of the molecule is CC1C(CSc2ccc(C(=O)O)cc2)OC(c2ccc(CNC(=O)c3ccc4c(c3)C(=O)OC4=O)cc2)OC1c1ccc(CO)cc1. The molecule has 0 spiro atoms. The molecule has 4 aromatic carbocycles. The molecular formula is C36H31NO9S. The molecule has 0 aliphatic carbocycles. The van der Waals surface area contributed by atoms with Crippen LogP contribution in [0.3, 0.4) is 0 Å². The summed E-state index contributed by atoms with van der Waals surface area (Å²) in [6, 6.07) is 26.2. The van der Waals surface area contributed by atoms with Crippen molar-refractivity contribution in [2.24, 2.45) is 5.92 Å². The summed E-state index contributed by atoms with van der Waals surface area (Å²) in [5.74, 6) is -2.27. The molecule has 0 bridgehead atoms. The smallest absolute Gasteiger partial charge is 0.346 e. The number of nitrogens with one attached hydrogen (secondary N) is 1. The van der Waals surface area contributed by atoms with Crippen molar-refractivity contribution < 1.29 is 43.6 Å². The standard InChI is InChI=1S/C36H31NO9S/c1-20-30(19-47-27-13-10-24(11-14-27)33(40)41)44-36(45-31(20)23-6-4-22(18-38)5-7-23)25-8-2-21(3-9-25)17-37-32(39)26-12-15-28-29(16-26)35(43)46-34(28)42/h2-16,20,30-31,36,38H,17-19H2,1H3,(H,37,39)(H,40,41). The summed E-state index contributed by atoms with van der Waals surface area (Å²) in [5.41, 5.74) is 4.08. The number of thioether (sulfide) groups is 1. The lowest BCUT2D eigenvalue weighted by Gasteiger charge is -2.41. The van der Waals surface area contributed by atoms with Crippen LogP contribution in [0.15, 0.2) is 95.9 Å². The molecule has 1 saturated heterocycles. The van der Waals surface area contributed by atoms with Crippen LogP contribution in [0.1, 0.15) is 83.0 Å². The van der Waals surface area contributed by atoms with Crippen molar-refractivity contribution in [2.45, 2.75) is 43.5 Å². The molecule has 6 rings (SSSR count). The lowest BCUT2D eigenvalue weighted by molar-refractivity contribution is -0.268. The highest BCUT2D eigenvalue weighted by Gasteiger charge is 2.38. The Labute approximate surface area is 274 Å². The van der Waals surface area contributed by atoms with Gasteiger partial charge in [0.2, 0.25) is 0 Å². The molecule has 2 aliphatic rings. The van der Waals surface area contributed by atoms with Crippen LogP contribution in [0.25, 0.3) is 0 Å². The Morgan fingerprint density at radius 2 is 1.43 bits per heavy atom. The minimum Gasteiger partial charge on any atom is -0.478 e. The molecule has 240 valence electrons. The Hall–Kier alpha value is -4.81. The number of ether oxygens (including phenoxy) is 3. The number of benzene rings is 4. The summed E-state index contributed by atoms with van der Waals surface area (Å²) in [4.78, 5) is 48.5. The number of esters is 2. The first kappa shape index (κ1) is 32.1. The Morgan fingerprint density at radius 3 is 2.11 bits per heavy atom. The van der Waals surface area contributed by atoms with Crippen LogP contribution in [0.2, 0.25) is 0 Å². The van der Waals surface area contributed by atoms with Crippen molar-refractivity contribution in [3.8, 4) is 0 Å². The van der Waals surface area contributed by atoms with Crippen molar-refractivity contribution in [3.05, 3.63) is 136 Å². The van der Waals surface area contributed by atoms with Gasteiger partial charge in [0.25, 0.3) is 5.91 Å². The minimum absolute atomic E-state index is 0.0225. The highest BCUT2D eigenvalue weighted by Crippen LogP contribution is 2.43. The second kappa shape index (κ2) is 13.9. The molecule has 1 amide bonds. The van der Waals surface area contributed by atoms with E-state index in [1.165, 1.54) is 18.2 Å². The fourth-order valence-electron chi connectivity index (χ4n) is 5.49. The Morgan fingerprint density at radius 1 is 0.787 bits per heavy atom. The quantitative estimate of drug-likeness (QED) is 0.111. The Bertz CT molecular complexity index is 1810. The second-order valence-corrected chi connectivity index (χ2v) is 12.4. The average Bonchev–Trinajstić information content (AvgIpc) is 3.39. The zero-order valence-corrected chi connectivity index (χ0v) is 26.1. The first-order valence-electron chi connectivity index (χ1n) is 14.9. The van der Waals surface area contributed by atoms with E-state index in [0.717, 1.165) is 27.1 Å². The summed E-state index contributed by atoms with van der Waals surface area (Å²) < 4.78 is 17.6. The van der Waals surface area contributed by atoms with Gasteiger partial charge in [-0.3, -0.25) is 4.79 Å². The predicted octanol–water partition coefficient (Wildman–Crippen LogP) is 5.70. The summed E-state index contributed by atoms with van der Waals surface area (Å²) >= 11 is 1.58. The zero-order valence-electron chi connectivity index (χ0n) is 25.3. The van der Waals surface area contributed by atoms with Gasteiger partial charge < -0.3 is 29.7 Å². The van der Waals surface area contributed by atoms with Crippen LogP contribution < -0.4 is 5.32 Å². The van der Waals surface area contributed by atoms with Crippen molar-refractivity contribution in [1.82, 2.24) is 5.32 Å².